The second-order valence-electron chi connectivity index (χ2n) is 6.93. The summed E-state index contributed by atoms with van der Waals surface area (Å²) >= 11 is 3.29. The Morgan fingerprint density at radius 3 is 2.29 bits per heavy atom. The molecule has 0 saturated heterocycles. The second kappa shape index (κ2) is 10.7. The highest BCUT2D eigenvalue weighted by molar-refractivity contribution is 9.10. The maximum atomic E-state index is 14.2. The Labute approximate surface area is 190 Å². The normalized spacial score (nSPS) is 12.2. The van der Waals surface area contributed by atoms with Gasteiger partial charge in [0.1, 0.15) is 18.4 Å². The Kier molecular flexibility index (Phi) is 8.58. The molecule has 7 nitrogen and oxygen atoms in total. The number of hydrogen-bond acceptors (Lipinski definition) is 4. The van der Waals surface area contributed by atoms with Crippen molar-refractivity contribution in [1.82, 2.24) is 10.2 Å². The molecule has 0 fully saturated rings. The first kappa shape index (κ1) is 24.8. The third kappa shape index (κ3) is 6.76. The summed E-state index contributed by atoms with van der Waals surface area (Å²) in [4.78, 5) is 26.8. The molecule has 0 bridgehead atoms. The number of nitrogens with one attached hydrogen (secondary N) is 1. The molecule has 0 saturated carbocycles. The summed E-state index contributed by atoms with van der Waals surface area (Å²) in [6.07, 6.45) is 0.997. The van der Waals surface area contributed by atoms with Gasteiger partial charge >= 0.3 is 0 Å². The van der Waals surface area contributed by atoms with Crippen molar-refractivity contribution in [1.29, 1.82) is 0 Å². The summed E-state index contributed by atoms with van der Waals surface area (Å²) in [6, 6.07) is 11.4. The van der Waals surface area contributed by atoms with E-state index in [2.05, 4.69) is 21.2 Å². The number of hydrogen-bond donors (Lipinski definition) is 1. The van der Waals surface area contributed by atoms with Gasteiger partial charge in [0.2, 0.25) is 21.8 Å². The number of benzene rings is 2. The van der Waals surface area contributed by atoms with E-state index in [-0.39, 0.29) is 12.1 Å². The lowest BCUT2D eigenvalue weighted by Crippen LogP contribution is -2.51. The van der Waals surface area contributed by atoms with Crippen LogP contribution < -0.4 is 9.62 Å². The predicted molar refractivity (Wildman–Crippen MR) is 121 cm³/mol. The zero-order chi connectivity index (χ0) is 23.2. The van der Waals surface area contributed by atoms with Crippen LogP contribution in [0.4, 0.5) is 10.1 Å². The number of nitrogens with zero attached hydrogens (tertiary/aromatic N) is 2. The van der Waals surface area contributed by atoms with Crippen LogP contribution in [0.3, 0.4) is 0 Å². The van der Waals surface area contributed by atoms with Crippen molar-refractivity contribution >= 4 is 43.5 Å². The molecule has 0 spiro atoms. The van der Waals surface area contributed by atoms with E-state index in [1.807, 2.05) is 0 Å². The van der Waals surface area contributed by atoms with Crippen LogP contribution in [0.25, 0.3) is 0 Å². The minimum absolute atomic E-state index is 0.179. The van der Waals surface area contributed by atoms with Crippen molar-refractivity contribution < 1.29 is 22.4 Å². The summed E-state index contributed by atoms with van der Waals surface area (Å²) in [7, 11) is -3.80. The molecule has 0 radical (unpaired) electrons. The molecule has 0 aliphatic rings. The fourth-order valence-electron chi connectivity index (χ4n) is 2.94. The number of carbonyl (C=O) groups is 2. The van der Waals surface area contributed by atoms with Crippen LogP contribution in [-0.2, 0) is 26.2 Å². The quantitative estimate of drug-likeness (QED) is 0.558. The van der Waals surface area contributed by atoms with Gasteiger partial charge in [-0.25, -0.2) is 12.8 Å². The standard InChI is InChI=1S/C21H25BrFN3O4S/c1-4-24-21(28)15(2)25(13-16-7-5-6-8-19(16)23)20(27)14-26(31(3,29)30)18-11-9-17(22)10-12-18/h5-12,15H,4,13-14H2,1-3H3,(H,24,28)/t15-/m1/s1. The minimum Gasteiger partial charge on any atom is -0.355 e. The Morgan fingerprint density at radius 2 is 1.74 bits per heavy atom. The van der Waals surface area contributed by atoms with Gasteiger partial charge in [-0.15, -0.1) is 0 Å². The molecule has 31 heavy (non-hydrogen) atoms. The van der Waals surface area contributed by atoms with Crippen LogP contribution in [0.1, 0.15) is 19.4 Å². The van der Waals surface area contributed by atoms with Crippen molar-refractivity contribution in [3.8, 4) is 0 Å². The van der Waals surface area contributed by atoms with Gasteiger partial charge in [0.25, 0.3) is 0 Å². The molecule has 168 valence electrons. The highest BCUT2D eigenvalue weighted by atomic mass is 79.9. The van der Waals surface area contributed by atoms with Crippen LogP contribution in [0.15, 0.2) is 53.0 Å². The average molecular weight is 514 g/mol. The van der Waals surface area contributed by atoms with E-state index in [1.54, 1.807) is 37.3 Å². The van der Waals surface area contributed by atoms with E-state index in [9.17, 15) is 22.4 Å². The van der Waals surface area contributed by atoms with E-state index < -0.39 is 40.2 Å². The number of rotatable bonds is 9. The largest absolute Gasteiger partial charge is 0.355 e. The van der Waals surface area contributed by atoms with Gasteiger partial charge in [-0.1, -0.05) is 34.1 Å². The molecule has 10 heteroatoms. The summed E-state index contributed by atoms with van der Waals surface area (Å²) in [5.41, 5.74) is 0.525. The van der Waals surface area contributed by atoms with Crippen molar-refractivity contribution in [3.05, 3.63) is 64.4 Å². The van der Waals surface area contributed by atoms with Crippen LogP contribution in [-0.4, -0.2) is 50.5 Å². The summed E-state index contributed by atoms with van der Waals surface area (Å²) in [5, 5.41) is 2.64. The molecule has 2 amide bonds. The zero-order valence-corrected chi connectivity index (χ0v) is 19.9. The first-order chi connectivity index (χ1) is 14.5. The van der Waals surface area contributed by atoms with Crippen molar-refractivity contribution in [3.63, 3.8) is 0 Å². The molecule has 0 unspecified atom stereocenters. The highest BCUT2D eigenvalue weighted by Crippen LogP contribution is 2.22. The topological polar surface area (TPSA) is 86.8 Å². The minimum atomic E-state index is -3.80. The van der Waals surface area contributed by atoms with Crippen LogP contribution in [0.5, 0.6) is 0 Å². The molecular weight excluding hydrogens is 489 g/mol. The lowest BCUT2D eigenvalue weighted by atomic mass is 10.1. The Bertz CT molecular complexity index is 1030. The summed E-state index contributed by atoms with van der Waals surface area (Å²) in [5.74, 6) is -1.56. The first-order valence-corrected chi connectivity index (χ1v) is 12.2. The highest BCUT2D eigenvalue weighted by Gasteiger charge is 2.30. The van der Waals surface area contributed by atoms with E-state index in [0.717, 1.165) is 15.0 Å². The van der Waals surface area contributed by atoms with Crippen LogP contribution in [0.2, 0.25) is 0 Å². The van der Waals surface area contributed by atoms with Gasteiger partial charge in [0, 0.05) is 23.1 Å². The van der Waals surface area contributed by atoms with Gasteiger partial charge < -0.3 is 10.2 Å². The molecule has 0 aromatic heterocycles. The molecule has 2 aromatic rings. The summed E-state index contributed by atoms with van der Waals surface area (Å²) < 4.78 is 40.7. The monoisotopic (exact) mass is 513 g/mol. The number of carbonyl (C=O) groups excluding carboxylic acids is 2. The average Bonchev–Trinajstić information content (AvgIpc) is 2.71. The van der Waals surface area contributed by atoms with Gasteiger partial charge in [0.05, 0.1) is 11.9 Å². The molecule has 0 heterocycles. The van der Waals surface area contributed by atoms with E-state index >= 15 is 0 Å². The predicted octanol–water partition coefficient (Wildman–Crippen LogP) is 2.91. The maximum absolute atomic E-state index is 14.2. The number of anilines is 1. The molecule has 2 rings (SSSR count). The molecule has 1 N–H and O–H groups in total. The van der Waals surface area contributed by atoms with Crippen molar-refractivity contribution in [2.24, 2.45) is 0 Å². The smallest absolute Gasteiger partial charge is 0.244 e. The fraction of sp³-hybridized carbons (Fsp3) is 0.333. The van der Waals surface area contributed by atoms with Crippen molar-refractivity contribution in [2.45, 2.75) is 26.4 Å². The van der Waals surface area contributed by atoms with Gasteiger partial charge in [-0.2, -0.15) is 0 Å². The van der Waals surface area contributed by atoms with Gasteiger partial charge in [-0.3, -0.25) is 13.9 Å². The van der Waals surface area contributed by atoms with Crippen molar-refractivity contribution in [2.75, 3.05) is 23.7 Å². The molecule has 0 aliphatic carbocycles. The van der Waals surface area contributed by atoms with Gasteiger partial charge in [-0.05, 0) is 44.2 Å². The molecular formula is C21H25BrFN3O4S. The lowest BCUT2D eigenvalue weighted by Gasteiger charge is -2.31. The molecule has 0 aliphatic heterocycles. The van der Waals surface area contributed by atoms with Crippen LogP contribution in [0, 0.1) is 5.82 Å². The fourth-order valence-corrected chi connectivity index (χ4v) is 4.05. The number of likely N-dealkylation sites (N-methyl/N-ethyl adjacent to an activating group) is 1. The molecule has 1 atom stereocenters. The Balaban J connectivity index is 2.38. The number of halogens is 2. The Hall–Kier alpha value is -2.46. The SMILES string of the molecule is CCNC(=O)[C@@H](C)N(Cc1ccccc1F)C(=O)CN(c1ccc(Br)cc1)S(C)(=O)=O. The Morgan fingerprint density at radius 1 is 1.13 bits per heavy atom. The van der Waals surface area contributed by atoms with Crippen LogP contribution >= 0.6 is 15.9 Å². The lowest BCUT2D eigenvalue weighted by molar-refractivity contribution is -0.139. The van der Waals surface area contributed by atoms with E-state index in [1.165, 1.54) is 30.0 Å². The third-order valence-corrected chi connectivity index (χ3v) is 6.28. The zero-order valence-electron chi connectivity index (χ0n) is 17.5. The number of sulfonamides is 1. The summed E-state index contributed by atoms with van der Waals surface area (Å²) in [6.45, 7) is 2.92. The molecule has 2 aromatic carbocycles. The third-order valence-electron chi connectivity index (χ3n) is 4.61. The second-order valence-corrected chi connectivity index (χ2v) is 9.75. The van der Waals surface area contributed by atoms with E-state index in [0.29, 0.717) is 12.2 Å². The van der Waals surface area contributed by atoms with Gasteiger partial charge in [0.15, 0.2) is 0 Å². The number of amides is 2. The first-order valence-electron chi connectivity index (χ1n) is 9.58. The van der Waals surface area contributed by atoms with E-state index in [4.69, 9.17) is 0 Å². The maximum Gasteiger partial charge on any atom is 0.244 e.